The SMILES string of the molecule is CCOC(=O)CC1CCC(c2c[nH]c3ccc(F)cc23)CC1. The first-order chi connectivity index (χ1) is 10.7. The molecule has 1 fully saturated rings. The molecule has 0 atom stereocenters. The third-order valence-corrected chi connectivity index (χ3v) is 4.72. The summed E-state index contributed by atoms with van der Waals surface area (Å²) >= 11 is 0. The zero-order valence-corrected chi connectivity index (χ0v) is 12.9. The van der Waals surface area contributed by atoms with Crippen molar-refractivity contribution in [2.75, 3.05) is 6.61 Å². The minimum absolute atomic E-state index is 0.0832. The third-order valence-electron chi connectivity index (χ3n) is 4.72. The van der Waals surface area contributed by atoms with E-state index in [9.17, 15) is 9.18 Å². The van der Waals surface area contributed by atoms with E-state index < -0.39 is 0 Å². The van der Waals surface area contributed by atoms with Crippen molar-refractivity contribution < 1.29 is 13.9 Å². The summed E-state index contributed by atoms with van der Waals surface area (Å²) in [7, 11) is 0. The maximum Gasteiger partial charge on any atom is 0.306 e. The lowest BCUT2D eigenvalue weighted by atomic mass is 9.77. The van der Waals surface area contributed by atoms with Crippen LogP contribution in [-0.4, -0.2) is 17.6 Å². The molecule has 0 bridgehead atoms. The molecular weight excluding hydrogens is 281 g/mol. The van der Waals surface area contributed by atoms with E-state index in [4.69, 9.17) is 4.74 Å². The molecule has 1 N–H and O–H groups in total. The number of halogens is 1. The van der Waals surface area contributed by atoms with Crippen molar-refractivity contribution in [1.82, 2.24) is 4.98 Å². The Morgan fingerprint density at radius 2 is 2.09 bits per heavy atom. The lowest BCUT2D eigenvalue weighted by Gasteiger charge is -2.27. The van der Waals surface area contributed by atoms with Crippen LogP contribution in [0, 0.1) is 11.7 Å². The van der Waals surface area contributed by atoms with Gasteiger partial charge in [0.1, 0.15) is 5.82 Å². The van der Waals surface area contributed by atoms with Crippen molar-refractivity contribution >= 4 is 16.9 Å². The van der Waals surface area contributed by atoms with E-state index in [2.05, 4.69) is 4.98 Å². The van der Waals surface area contributed by atoms with Crippen molar-refractivity contribution in [1.29, 1.82) is 0 Å². The van der Waals surface area contributed by atoms with Gasteiger partial charge in [-0.1, -0.05) is 0 Å². The first-order valence-electron chi connectivity index (χ1n) is 8.09. The number of aromatic nitrogens is 1. The van der Waals surface area contributed by atoms with E-state index in [1.54, 1.807) is 12.1 Å². The summed E-state index contributed by atoms with van der Waals surface area (Å²) < 4.78 is 18.5. The van der Waals surface area contributed by atoms with Crippen LogP contribution in [0.4, 0.5) is 4.39 Å². The molecule has 3 rings (SSSR count). The Labute approximate surface area is 129 Å². The highest BCUT2D eigenvalue weighted by molar-refractivity contribution is 5.83. The molecule has 0 unspecified atom stereocenters. The predicted molar refractivity (Wildman–Crippen MR) is 84.2 cm³/mol. The molecule has 0 spiro atoms. The van der Waals surface area contributed by atoms with Crippen molar-refractivity contribution in [3.05, 3.63) is 35.8 Å². The highest BCUT2D eigenvalue weighted by Crippen LogP contribution is 2.39. The summed E-state index contributed by atoms with van der Waals surface area (Å²) in [5, 5.41) is 0.994. The van der Waals surface area contributed by atoms with Gasteiger partial charge in [-0.2, -0.15) is 0 Å². The number of esters is 1. The second-order valence-electron chi connectivity index (χ2n) is 6.16. The molecule has 2 aromatic rings. The van der Waals surface area contributed by atoms with E-state index in [0.29, 0.717) is 24.9 Å². The van der Waals surface area contributed by atoms with Crippen molar-refractivity contribution in [2.45, 2.75) is 44.9 Å². The zero-order chi connectivity index (χ0) is 15.5. The number of hydrogen-bond acceptors (Lipinski definition) is 2. The average molecular weight is 303 g/mol. The fourth-order valence-corrected chi connectivity index (χ4v) is 3.59. The molecule has 0 saturated heterocycles. The molecule has 1 aliphatic rings. The Hall–Kier alpha value is -1.84. The molecular formula is C18H22FNO2. The predicted octanol–water partition coefficient (Wildman–Crippen LogP) is 4.53. The number of hydrogen-bond donors (Lipinski definition) is 1. The Morgan fingerprint density at radius 3 is 2.82 bits per heavy atom. The molecule has 118 valence electrons. The second-order valence-corrected chi connectivity index (χ2v) is 6.16. The summed E-state index contributed by atoms with van der Waals surface area (Å²) in [5.41, 5.74) is 2.20. The number of aromatic amines is 1. The van der Waals surface area contributed by atoms with Gasteiger partial charge in [0.25, 0.3) is 0 Å². The van der Waals surface area contributed by atoms with Crippen molar-refractivity contribution in [3.8, 4) is 0 Å². The van der Waals surface area contributed by atoms with Crippen LogP contribution in [0.2, 0.25) is 0 Å². The monoisotopic (exact) mass is 303 g/mol. The molecule has 22 heavy (non-hydrogen) atoms. The fraction of sp³-hybridized carbons (Fsp3) is 0.500. The van der Waals surface area contributed by atoms with Crippen LogP contribution in [0.1, 0.15) is 50.5 Å². The maximum atomic E-state index is 13.5. The summed E-state index contributed by atoms with van der Waals surface area (Å²) in [6.45, 7) is 2.29. The minimum Gasteiger partial charge on any atom is -0.466 e. The van der Waals surface area contributed by atoms with Gasteiger partial charge in [-0.3, -0.25) is 4.79 Å². The Balaban J connectivity index is 1.65. The summed E-state index contributed by atoms with van der Waals surface area (Å²) in [6, 6.07) is 4.89. The number of ether oxygens (including phenoxy) is 1. The van der Waals surface area contributed by atoms with Crippen LogP contribution < -0.4 is 0 Å². The maximum absolute atomic E-state index is 13.5. The number of H-pyrrole nitrogens is 1. The molecule has 0 radical (unpaired) electrons. The van der Waals surface area contributed by atoms with E-state index in [1.165, 1.54) is 11.6 Å². The Morgan fingerprint density at radius 1 is 1.32 bits per heavy atom. The van der Waals surface area contributed by atoms with Crippen LogP contribution >= 0.6 is 0 Å². The number of carbonyl (C=O) groups excluding carboxylic acids is 1. The van der Waals surface area contributed by atoms with Crippen molar-refractivity contribution in [3.63, 3.8) is 0 Å². The van der Waals surface area contributed by atoms with Gasteiger partial charge in [0.2, 0.25) is 0 Å². The third kappa shape index (κ3) is 3.16. The highest BCUT2D eigenvalue weighted by atomic mass is 19.1. The molecule has 1 heterocycles. The number of nitrogens with one attached hydrogen (secondary N) is 1. The zero-order valence-electron chi connectivity index (χ0n) is 12.9. The average Bonchev–Trinajstić information content (AvgIpc) is 2.91. The van der Waals surface area contributed by atoms with E-state index >= 15 is 0 Å². The van der Waals surface area contributed by atoms with E-state index in [1.807, 2.05) is 13.1 Å². The normalized spacial score (nSPS) is 21.9. The van der Waals surface area contributed by atoms with Crippen LogP contribution in [0.3, 0.4) is 0 Å². The molecule has 1 aliphatic carbocycles. The van der Waals surface area contributed by atoms with Gasteiger partial charge in [0.15, 0.2) is 0 Å². The molecule has 1 aromatic heterocycles. The van der Waals surface area contributed by atoms with Gasteiger partial charge >= 0.3 is 5.97 Å². The lowest BCUT2D eigenvalue weighted by molar-refractivity contribution is -0.144. The first-order valence-corrected chi connectivity index (χ1v) is 8.09. The van der Waals surface area contributed by atoms with Gasteiger partial charge < -0.3 is 9.72 Å². The van der Waals surface area contributed by atoms with Gasteiger partial charge in [-0.25, -0.2) is 4.39 Å². The Bertz CT molecular complexity index is 656. The van der Waals surface area contributed by atoms with Crippen molar-refractivity contribution in [2.24, 2.45) is 5.92 Å². The van der Waals surface area contributed by atoms with Crippen LogP contribution in [0.5, 0.6) is 0 Å². The van der Waals surface area contributed by atoms with Crippen LogP contribution in [0.15, 0.2) is 24.4 Å². The second kappa shape index (κ2) is 6.51. The summed E-state index contributed by atoms with van der Waals surface area (Å²) in [4.78, 5) is 14.8. The number of benzene rings is 1. The first kappa shape index (κ1) is 15.1. The standard InChI is InChI=1S/C18H22FNO2/c1-2-22-18(21)9-12-3-5-13(6-4-12)16-11-20-17-8-7-14(19)10-15(16)17/h7-8,10-13,20H,2-6,9H2,1H3. The minimum atomic E-state index is -0.190. The lowest BCUT2D eigenvalue weighted by Crippen LogP contribution is -2.17. The van der Waals surface area contributed by atoms with Gasteiger partial charge in [-0.05, 0) is 68.2 Å². The molecule has 3 nitrogen and oxygen atoms in total. The van der Waals surface area contributed by atoms with E-state index in [0.717, 1.165) is 36.6 Å². The van der Waals surface area contributed by atoms with Gasteiger partial charge in [0.05, 0.1) is 6.61 Å². The van der Waals surface area contributed by atoms with Gasteiger partial charge in [0, 0.05) is 23.5 Å². The smallest absolute Gasteiger partial charge is 0.306 e. The molecule has 0 amide bonds. The number of rotatable bonds is 4. The van der Waals surface area contributed by atoms with Crippen LogP contribution in [0.25, 0.3) is 10.9 Å². The Kier molecular flexibility index (Phi) is 4.46. The quantitative estimate of drug-likeness (QED) is 0.843. The fourth-order valence-electron chi connectivity index (χ4n) is 3.59. The number of fused-ring (bicyclic) bond motifs is 1. The van der Waals surface area contributed by atoms with E-state index in [-0.39, 0.29) is 11.8 Å². The summed E-state index contributed by atoms with van der Waals surface area (Å²) in [5.74, 6) is 0.607. The summed E-state index contributed by atoms with van der Waals surface area (Å²) in [6.07, 6.45) is 6.71. The van der Waals surface area contributed by atoms with Gasteiger partial charge in [-0.15, -0.1) is 0 Å². The molecule has 1 saturated carbocycles. The molecule has 1 aromatic carbocycles. The topological polar surface area (TPSA) is 42.1 Å². The number of carbonyl (C=O) groups is 1. The largest absolute Gasteiger partial charge is 0.466 e. The molecule has 4 heteroatoms. The van der Waals surface area contributed by atoms with Crippen LogP contribution in [-0.2, 0) is 9.53 Å². The molecule has 0 aliphatic heterocycles. The highest BCUT2D eigenvalue weighted by Gasteiger charge is 2.26.